The van der Waals surface area contributed by atoms with Crippen molar-refractivity contribution < 1.29 is 14.7 Å². The largest absolute Gasteiger partial charge is 0.477 e. The summed E-state index contributed by atoms with van der Waals surface area (Å²) in [5, 5.41) is 13.0. The van der Waals surface area contributed by atoms with E-state index in [0.717, 1.165) is 26.5 Å². The van der Waals surface area contributed by atoms with Crippen LogP contribution in [0.4, 0.5) is 0 Å². The molecule has 0 spiro atoms. The van der Waals surface area contributed by atoms with Crippen LogP contribution in [0.5, 0.6) is 0 Å². The number of nitrogens with one attached hydrogen (secondary N) is 1. The van der Waals surface area contributed by atoms with Crippen molar-refractivity contribution in [1.82, 2.24) is 10.3 Å². The van der Waals surface area contributed by atoms with Crippen molar-refractivity contribution in [2.24, 2.45) is 5.92 Å². The number of aromatic carboxylic acids is 1. The number of benzene rings is 1. The molecule has 1 amide bonds. The molecule has 138 valence electrons. The van der Waals surface area contributed by atoms with Gasteiger partial charge in [-0.2, -0.15) is 0 Å². The fourth-order valence-electron chi connectivity index (χ4n) is 3.32. The number of thiazole rings is 1. The number of para-hydroxylation sites is 1. The zero-order valence-corrected chi connectivity index (χ0v) is 16.1. The third-order valence-corrected chi connectivity index (χ3v) is 6.95. The maximum atomic E-state index is 12.8. The van der Waals surface area contributed by atoms with E-state index in [1.54, 1.807) is 23.5 Å². The molecule has 7 heteroatoms. The van der Waals surface area contributed by atoms with Gasteiger partial charge < -0.3 is 10.4 Å². The molecule has 0 bridgehead atoms. The summed E-state index contributed by atoms with van der Waals surface area (Å²) in [5.74, 6) is -1.03. The first kappa shape index (κ1) is 17.9. The molecule has 2 N–H and O–H groups in total. The predicted molar refractivity (Wildman–Crippen MR) is 107 cm³/mol. The summed E-state index contributed by atoms with van der Waals surface area (Å²) in [6, 6.07) is 11.4. The van der Waals surface area contributed by atoms with E-state index in [1.165, 1.54) is 11.3 Å². The van der Waals surface area contributed by atoms with Crippen molar-refractivity contribution >= 4 is 44.8 Å². The molecule has 0 aliphatic heterocycles. The van der Waals surface area contributed by atoms with Crippen LogP contribution in [0.15, 0.2) is 48.6 Å². The van der Waals surface area contributed by atoms with E-state index in [0.29, 0.717) is 13.0 Å². The van der Waals surface area contributed by atoms with E-state index >= 15 is 0 Å². The maximum Gasteiger partial charge on any atom is 0.345 e. The third kappa shape index (κ3) is 3.79. The summed E-state index contributed by atoms with van der Waals surface area (Å²) < 4.78 is 1.14. The highest BCUT2D eigenvalue weighted by Crippen LogP contribution is 2.38. The Labute approximate surface area is 164 Å². The van der Waals surface area contributed by atoms with Gasteiger partial charge in [0.25, 0.3) is 0 Å². The highest BCUT2D eigenvalue weighted by molar-refractivity contribution is 7.18. The van der Waals surface area contributed by atoms with Crippen LogP contribution >= 0.6 is 22.7 Å². The first-order valence-corrected chi connectivity index (χ1v) is 10.4. The molecule has 2 unspecified atom stereocenters. The lowest BCUT2D eigenvalue weighted by atomic mass is 9.82. The Morgan fingerprint density at radius 3 is 2.70 bits per heavy atom. The quantitative estimate of drug-likeness (QED) is 0.624. The highest BCUT2D eigenvalue weighted by Gasteiger charge is 2.32. The smallest absolute Gasteiger partial charge is 0.345 e. The number of rotatable bonds is 5. The number of aromatic nitrogens is 1. The van der Waals surface area contributed by atoms with Crippen LogP contribution in [0.1, 0.15) is 38.3 Å². The van der Waals surface area contributed by atoms with Crippen molar-refractivity contribution in [3.05, 3.63) is 63.3 Å². The predicted octanol–water partition coefficient (Wildman–Crippen LogP) is 4.42. The molecule has 1 aliphatic rings. The summed E-state index contributed by atoms with van der Waals surface area (Å²) in [5.41, 5.74) is 0.978. The molecule has 0 saturated carbocycles. The van der Waals surface area contributed by atoms with Gasteiger partial charge in [0.2, 0.25) is 5.91 Å². The number of carbonyl (C=O) groups excluding carboxylic acids is 1. The van der Waals surface area contributed by atoms with Gasteiger partial charge in [-0.15, -0.1) is 22.7 Å². The second kappa shape index (κ2) is 7.62. The normalized spacial score (nSPS) is 19.3. The number of hydrogen-bond donors (Lipinski definition) is 2. The van der Waals surface area contributed by atoms with Gasteiger partial charge in [0.05, 0.1) is 27.7 Å². The van der Waals surface area contributed by atoms with Crippen molar-refractivity contribution in [2.45, 2.75) is 25.3 Å². The van der Waals surface area contributed by atoms with Gasteiger partial charge in [0.15, 0.2) is 0 Å². The second-order valence-corrected chi connectivity index (χ2v) is 8.70. The molecule has 2 atom stereocenters. The van der Waals surface area contributed by atoms with Gasteiger partial charge in [0.1, 0.15) is 4.88 Å². The van der Waals surface area contributed by atoms with E-state index in [-0.39, 0.29) is 22.6 Å². The van der Waals surface area contributed by atoms with E-state index in [1.807, 2.05) is 18.2 Å². The Bertz CT molecular complexity index is 988. The molecule has 0 saturated heterocycles. The lowest BCUT2D eigenvalue weighted by Crippen LogP contribution is -2.34. The van der Waals surface area contributed by atoms with Crippen LogP contribution in [-0.4, -0.2) is 22.0 Å². The summed E-state index contributed by atoms with van der Waals surface area (Å²) in [7, 11) is 0. The first-order chi connectivity index (χ1) is 13.1. The molecular weight excluding hydrogens is 380 g/mol. The molecule has 1 aliphatic carbocycles. The zero-order chi connectivity index (χ0) is 18.8. The number of amides is 1. The molecule has 0 fully saturated rings. The summed E-state index contributed by atoms with van der Waals surface area (Å²) in [6.07, 6.45) is 5.68. The van der Waals surface area contributed by atoms with Crippen molar-refractivity contribution in [3.63, 3.8) is 0 Å². The lowest BCUT2D eigenvalue weighted by Gasteiger charge is -2.25. The van der Waals surface area contributed by atoms with Gasteiger partial charge in [-0.3, -0.25) is 4.79 Å². The maximum absolute atomic E-state index is 12.8. The van der Waals surface area contributed by atoms with E-state index in [4.69, 9.17) is 10.1 Å². The molecule has 5 nitrogen and oxygen atoms in total. The Hall–Kier alpha value is -2.51. The fraction of sp³-hybridized carbons (Fsp3) is 0.250. The fourth-order valence-corrected chi connectivity index (χ4v) is 5.25. The minimum absolute atomic E-state index is 0.00567. The van der Waals surface area contributed by atoms with Gasteiger partial charge in [0, 0.05) is 10.8 Å². The number of thiophene rings is 1. The summed E-state index contributed by atoms with van der Waals surface area (Å²) >= 11 is 2.85. The second-order valence-electron chi connectivity index (χ2n) is 6.46. The minimum Gasteiger partial charge on any atom is -0.477 e. The topological polar surface area (TPSA) is 79.3 Å². The van der Waals surface area contributed by atoms with Crippen molar-refractivity contribution in [3.8, 4) is 0 Å². The highest BCUT2D eigenvalue weighted by atomic mass is 32.1. The number of hydrogen-bond acceptors (Lipinski definition) is 5. The Morgan fingerprint density at radius 1 is 1.11 bits per heavy atom. The molecule has 0 radical (unpaired) electrons. The van der Waals surface area contributed by atoms with Gasteiger partial charge in [-0.25, -0.2) is 9.78 Å². The van der Waals surface area contributed by atoms with Crippen molar-refractivity contribution in [1.29, 1.82) is 0 Å². The molecular formula is C20H18N2O3S2. The van der Waals surface area contributed by atoms with Crippen LogP contribution in [0, 0.1) is 5.92 Å². The minimum atomic E-state index is -0.939. The third-order valence-electron chi connectivity index (χ3n) is 4.71. The number of allylic oxidation sites excluding steroid dienone is 2. The lowest BCUT2D eigenvalue weighted by molar-refractivity contribution is -0.125. The average molecular weight is 399 g/mol. The SMILES string of the molecule is O=C(O)c1ccc(CNC(=O)C2CC=CCC2c2nc3ccccc3s2)s1. The Kier molecular flexibility index (Phi) is 5.05. The number of carbonyl (C=O) groups is 2. The molecule has 3 aromatic rings. The van der Waals surface area contributed by atoms with Crippen LogP contribution in [0.3, 0.4) is 0 Å². The van der Waals surface area contributed by atoms with Gasteiger partial charge in [-0.05, 0) is 37.1 Å². The standard InChI is InChI=1S/C20H18N2O3S2/c23-18(21-11-12-9-10-17(26-12)20(24)25)13-5-1-2-6-14(13)19-22-15-7-3-4-8-16(15)27-19/h1-4,7-10,13-14H,5-6,11H2,(H,21,23)(H,24,25). The first-order valence-electron chi connectivity index (χ1n) is 8.72. The Balaban J connectivity index is 1.48. The molecule has 4 rings (SSSR count). The Morgan fingerprint density at radius 2 is 1.93 bits per heavy atom. The molecule has 2 heterocycles. The monoisotopic (exact) mass is 398 g/mol. The average Bonchev–Trinajstić information content (AvgIpc) is 3.33. The van der Waals surface area contributed by atoms with Gasteiger partial charge >= 0.3 is 5.97 Å². The molecule has 27 heavy (non-hydrogen) atoms. The van der Waals surface area contributed by atoms with Crippen LogP contribution in [0.2, 0.25) is 0 Å². The van der Waals surface area contributed by atoms with E-state index < -0.39 is 5.97 Å². The zero-order valence-electron chi connectivity index (χ0n) is 14.4. The number of nitrogens with zero attached hydrogens (tertiary/aromatic N) is 1. The number of carboxylic acid groups (broad SMARTS) is 1. The van der Waals surface area contributed by atoms with Crippen LogP contribution in [0.25, 0.3) is 10.2 Å². The summed E-state index contributed by atoms with van der Waals surface area (Å²) in [6.45, 7) is 0.351. The number of fused-ring (bicyclic) bond motifs is 1. The van der Waals surface area contributed by atoms with E-state index in [2.05, 4.69) is 23.5 Å². The summed E-state index contributed by atoms with van der Waals surface area (Å²) in [4.78, 5) is 29.7. The van der Waals surface area contributed by atoms with E-state index in [9.17, 15) is 9.59 Å². The van der Waals surface area contributed by atoms with Crippen LogP contribution in [-0.2, 0) is 11.3 Å². The molecule has 2 aromatic heterocycles. The van der Waals surface area contributed by atoms with Crippen LogP contribution < -0.4 is 5.32 Å². The van der Waals surface area contributed by atoms with Crippen molar-refractivity contribution in [2.75, 3.05) is 0 Å². The van der Waals surface area contributed by atoms with Gasteiger partial charge in [-0.1, -0.05) is 24.3 Å². The molecule has 1 aromatic carbocycles. The number of carboxylic acids is 1.